The first-order valence-corrected chi connectivity index (χ1v) is 16.6. The number of ether oxygens (including phenoxy) is 2. The molecule has 5 nitrogen and oxygen atoms in total. The molecule has 0 bridgehead atoms. The molecule has 3 aliphatic rings. The summed E-state index contributed by atoms with van der Waals surface area (Å²) in [5.74, 6) is 0.125. The van der Waals surface area contributed by atoms with Gasteiger partial charge in [-0.15, -0.1) is 0 Å². The van der Waals surface area contributed by atoms with Gasteiger partial charge in [-0.05, 0) is 60.2 Å². The first-order valence-electron chi connectivity index (χ1n) is 13.7. The van der Waals surface area contributed by atoms with Crippen molar-refractivity contribution in [3.8, 4) is 0 Å². The average molecular weight is 531 g/mol. The van der Waals surface area contributed by atoms with Gasteiger partial charge >= 0.3 is 11.9 Å². The third-order valence-electron chi connectivity index (χ3n) is 8.92. The van der Waals surface area contributed by atoms with Crippen LogP contribution >= 0.6 is 0 Å². The molecule has 0 amide bonds. The molecule has 1 heterocycles. The number of allylic oxidation sites excluding steroid dienone is 3. The van der Waals surface area contributed by atoms with E-state index >= 15 is 0 Å². The fraction of sp³-hybridized carbons (Fsp3) is 0.438. The minimum Gasteiger partial charge on any atom is -0.546 e. The summed E-state index contributed by atoms with van der Waals surface area (Å²) < 4.78 is 18.8. The number of fused-ring (bicyclic) bond motifs is 4. The highest BCUT2D eigenvalue weighted by atomic mass is 28.4. The molecular formula is C32H38O5Si. The normalized spacial score (nSPS) is 23.2. The van der Waals surface area contributed by atoms with Crippen LogP contribution in [-0.4, -0.2) is 26.9 Å². The largest absolute Gasteiger partial charge is 0.546 e. The molecule has 38 heavy (non-hydrogen) atoms. The monoisotopic (exact) mass is 530 g/mol. The number of hydrogen-bond acceptors (Lipinski definition) is 5. The van der Waals surface area contributed by atoms with E-state index in [4.69, 9.17) is 13.9 Å². The maximum absolute atomic E-state index is 14.0. The smallest absolute Gasteiger partial charge is 0.329 e. The molecule has 0 N–H and O–H groups in total. The SMILES string of the molecule is CCOC(=O)C12CC(c3ccccc3)=C(O[Si](C)(C)C(C)(C)C)CC1C1=C(OC2=O)c2ccccc2CC1. The van der Waals surface area contributed by atoms with Crippen molar-refractivity contribution in [3.05, 3.63) is 82.6 Å². The van der Waals surface area contributed by atoms with E-state index in [-0.39, 0.29) is 24.0 Å². The van der Waals surface area contributed by atoms with Crippen molar-refractivity contribution in [1.29, 1.82) is 0 Å². The van der Waals surface area contributed by atoms with E-state index in [0.29, 0.717) is 12.2 Å². The molecule has 0 fully saturated rings. The zero-order chi connectivity index (χ0) is 27.3. The lowest BCUT2D eigenvalue weighted by Gasteiger charge is -2.48. The molecule has 0 radical (unpaired) electrons. The van der Waals surface area contributed by atoms with Gasteiger partial charge in [-0.3, -0.25) is 9.59 Å². The van der Waals surface area contributed by atoms with Gasteiger partial charge in [0.15, 0.2) is 5.41 Å². The van der Waals surface area contributed by atoms with E-state index in [0.717, 1.165) is 46.4 Å². The first-order chi connectivity index (χ1) is 18.0. The molecular weight excluding hydrogens is 492 g/mol. The Kier molecular flexibility index (Phi) is 6.67. The van der Waals surface area contributed by atoms with Crippen LogP contribution in [0.5, 0.6) is 0 Å². The lowest BCUT2D eigenvalue weighted by Crippen LogP contribution is -2.53. The molecule has 1 aliphatic heterocycles. The number of benzene rings is 2. The molecule has 0 saturated carbocycles. The minimum atomic E-state index is -2.21. The second-order valence-corrected chi connectivity index (χ2v) is 16.9. The lowest BCUT2D eigenvalue weighted by atomic mass is 9.59. The van der Waals surface area contributed by atoms with Crippen LogP contribution in [0.25, 0.3) is 11.3 Å². The third-order valence-corrected chi connectivity index (χ3v) is 13.3. The van der Waals surface area contributed by atoms with Crippen LogP contribution in [-0.2, 0) is 29.9 Å². The molecule has 5 rings (SSSR count). The van der Waals surface area contributed by atoms with E-state index in [9.17, 15) is 9.59 Å². The Morgan fingerprint density at radius 1 is 1.05 bits per heavy atom. The second kappa shape index (κ2) is 9.56. The first kappa shape index (κ1) is 26.5. The van der Waals surface area contributed by atoms with Gasteiger partial charge < -0.3 is 13.9 Å². The third kappa shape index (κ3) is 4.23. The number of rotatable bonds is 5. The highest BCUT2D eigenvalue weighted by Gasteiger charge is 2.62. The van der Waals surface area contributed by atoms with Gasteiger partial charge in [0.1, 0.15) is 5.76 Å². The van der Waals surface area contributed by atoms with E-state index in [2.05, 4.69) is 39.9 Å². The molecule has 0 spiro atoms. The second-order valence-electron chi connectivity index (χ2n) is 12.2. The Bertz CT molecular complexity index is 1330. The van der Waals surface area contributed by atoms with Crippen molar-refractivity contribution in [2.75, 3.05) is 6.61 Å². The molecule has 0 saturated heterocycles. The molecule has 2 aromatic carbocycles. The van der Waals surface area contributed by atoms with Gasteiger partial charge in [0, 0.05) is 24.3 Å². The minimum absolute atomic E-state index is 0.00280. The Balaban J connectivity index is 1.73. The van der Waals surface area contributed by atoms with Gasteiger partial charge in [0.2, 0.25) is 8.32 Å². The van der Waals surface area contributed by atoms with Gasteiger partial charge in [-0.1, -0.05) is 75.4 Å². The Hall–Kier alpha value is -3.12. The number of carbonyl (C=O) groups excluding carboxylic acids is 2. The number of aryl methyl sites for hydroxylation is 1. The van der Waals surface area contributed by atoms with Gasteiger partial charge in [0.25, 0.3) is 0 Å². The van der Waals surface area contributed by atoms with E-state index in [1.807, 2.05) is 48.5 Å². The summed E-state index contributed by atoms with van der Waals surface area (Å²) in [6.07, 6.45) is 2.24. The summed E-state index contributed by atoms with van der Waals surface area (Å²) >= 11 is 0. The van der Waals surface area contributed by atoms with Crippen LogP contribution in [0.2, 0.25) is 18.1 Å². The predicted octanol–water partition coefficient (Wildman–Crippen LogP) is 7.29. The maximum atomic E-state index is 14.0. The van der Waals surface area contributed by atoms with Crippen molar-refractivity contribution < 1.29 is 23.5 Å². The Morgan fingerprint density at radius 2 is 1.74 bits per heavy atom. The van der Waals surface area contributed by atoms with Gasteiger partial charge in [-0.25, -0.2) is 0 Å². The van der Waals surface area contributed by atoms with E-state index in [1.165, 1.54) is 0 Å². The van der Waals surface area contributed by atoms with Crippen molar-refractivity contribution >= 4 is 31.6 Å². The molecule has 0 aromatic heterocycles. The average Bonchev–Trinajstić information content (AvgIpc) is 2.88. The van der Waals surface area contributed by atoms with Crippen LogP contribution in [0, 0.1) is 11.3 Å². The topological polar surface area (TPSA) is 61.8 Å². The summed E-state index contributed by atoms with van der Waals surface area (Å²) in [7, 11) is -2.21. The summed E-state index contributed by atoms with van der Waals surface area (Å²) in [4.78, 5) is 27.9. The zero-order valence-electron chi connectivity index (χ0n) is 23.4. The van der Waals surface area contributed by atoms with Crippen molar-refractivity contribution in [2.45, 2.75) is 71.5 Å². The number of esters is 2. The molecule has 6 heteroatoms. The summed E-state index contributed by atoms with van der Waals surface area (Å²) in [5.41, 5.74) is 3.56. The van der Waals surface area contributed by atoms with Gasteiger partial charge in [-0.2, -0.15) is 0 Å². The van der Waals surface area contributed by atoms with E-state index < -0.39 is 25.7 Å². The Labute approximate surface area is 227 Å². The standard InChI is InChI=1S/C32H38O5Si/c1-7-35-29(33)32-20-25(21-13-9-8-10-14-21)27(37-38(5,6)31(2,3)4)19-26(32)24-18-17-22-15-11-12-16-23(22)28(24)36-30(32)34/h8-16,26H,7,17-20H2,1-6H3. The highest BCUT2D eigenvalue weighted by molar-refractivity contribution is 6.74. The Morgan fingerprint density at radius 3 is 2.42 bits per heavy atom. The van der Waals surface area contributed by atoms with Crippen LogP contribution < -0.4 is 0 Å². The van der Waals surface area contributed by atoms with Crippen LogP contribution in [0.3, 0.4) is 0 Å². The van der Waals surface area contributed by atoms with Crippen LogP contribution in [0.1, 0.15) is 63.6 Å². The molecule has 2 atom stereocenters. The van der Waals surface area contributed by atoms with Crippen molar-refractivity contribution in [1.82, 2.24) is 0 Å². The maximum Gasteiger partial charge on any atom is 0.329 e. The molecule has 2 aromatic rings. The summed E-state index contributed by atoms with van der Waals surface area (Å²) in [6, 6.07) is 18.1. The quantitative estimate of drug-likeness (QED) is 0.231. The van der Waals surface area contributed by atoms with Gasteiger partial charge in [0.05, 0.1) is 12.4 Å². The predicted molar refractivity (Wildman–Crippen MR) is 151 cm³/mol. The lowest BCUT2D eigenvalue weighted by molar-refractivity contribution is -0.174. The fourth-order valence-electron chi connectivity index (χ4n) is 5.80. The summed E-state index contributed by atoms with van der Waals surface area (Å²) in [5, 5.41) is -0.00280. The molecule has 200 valence electrons. The molecule has 2 aliphatic carbocycles. The van der Waals surface area contributed by atoms with Crippen molar-refractivity contribution in [3.63, 3.8) is 0 Å². The fourth-order valence-corrected chi connectivity index (χ4v) is 6.92. The molecule has 2 unspecified atom stereocenters. The van der Waals surface area contributed by atoms with E-state index in [1.54, 1.807) is 6.92 Å². The highest BCUT2D eigenvalue weighted by Crippen LogP contribution is 2.58. The van der Waals surface area contributed by atoms with Crippen molar-refractivity contribution in [2.24, 2.45) is 11.3 Å². The van der Waals surface area contributed by atoms with Crippen LogP contribution in [0.15, 0.2) is 65.9 Å². The summed E-state index contributed by atoms with van der Waals surface area (Å²) in [6.45, 7) is 13.1. The zero-order valence-corrected chi connectivity index (χ0v) is 24.4. The number of carbonyl (C=O) groups is 2. The van der Waals surface area contributed by atoms with Crippen LogP contribution in [0.4, 0.5) is 0 Å². The number of hydrogen-bond donors (Lipinski definition) is 0.